The number of carbonyl (C=O) groups excluding carboxylic acids is 1. The molecule has 36 heavy (non-hydrogen) atoms. The summed E-state index contributed by atoms with van der Waals surface area (Å²) in [6, 6.07) is 27.0. The number of hydrogen-bond donors (Lipinski definition) is 3. The van der Waals surface area contributed by atoms with Gasteiger partial charge in [-0.25, -0.2) is 0 Å². The molecule has 5 rings (SSSR count). The van der Waals surface area contributed by atoms with Crippen LogP contribution in [0.5, 0.6) is 0 Å². The highest BCUT2D eigenvalue weighted by Gasteiger charge is 2.13. The number of fused-ring (bicyclic) bond motifs is 1. The van der Waals surface area contributed by atoms with Gasteiger partial charge < -0.3 is 10.4 Å². The number of aromatic nitrogens is 3. The molecule has 0 spiro atoms. The molecule has 0 aliphatic carbocycles. The van der Waals surface area contributed by atoms with Crippen LogP contribution in [0.4, 0.5) is 5.69 Å². The number of aromatic amines is 1. The number of pyridine rings is 1. The Hall–Kier alpha value is -4.20. The quantitative estimate of drug-likeness (QED) is 0.245. The second kappa shape index (κ2) is 11.0. The van der Waals surface area contributed by atoms with E-state index < -0.39 is 0 Å². The lowest BCUT2D eigenvalue weighted by Gasteiger charge is -2.10. The van der Waals surface area contributed by atoms with Crippen molar-refractivity contribution in [2.24, 2.45) is 0 Å². The Balaban J connectivity index is 1.32. The summed E-state index contributed by atoms with van der Waals surface area (Å²) in [5.74, 6) is -0.169. The number of nitrogens with one attached hydrogen (secondary N) is 2. The van der Waals surface area contributed by atoms with Crippen LogP contribution < -0.4 is 5.32 Å². The van der Waals surface area contributed by atoms with E-state index in [9.17, 15) is 4.79 Å². The summed E-state index contributed by atoms with van der Waals surface area (Å²) in [6.07, 6.45) is 6.24. The minimum Gasteiger partial charge on any atom is -0.396 e. The summed E-state index contributed by atoms with van der Waals surface area (Å²) in [6.45, 7) is 0.101. The molecule has 2 heterocycles. The predicted molar refractivity (Wildman–Crippen MR) is 145 cm³/mol. The minimum absolute atomic E-state index is 0.101. The van der Waals surface area contributed by atoms with E-state index in [1.54, 1.807) is 6.20 Å². The van der Waals surface area contributed by atoms with E-state index in [-0.39, 0.29) is 12.5 Å². The van der Waals surface area contributed by atoms with Crippen molar-refractivity contribution in [3.63, 3.8) is 0 Å². The summed E-state index contributed by atoms with van der Waals surface area (Å²) in [4.78, 5) is 19.2. The van der Waals surface area contributed by atoms with Crippen LogP contribution in [-0.2, 0) is 6.42 Å². The van der Waals surface area contributed by atoms with Crippen molar-refractivity contribution in [1.29, 1.82) is 0 Å². The monoisotopic (exact) mass is 492 g/mol. The third-order valence-electron chi connectivity index (χ3n) is 5.64. The standard InChI is InChI=1S/C29H24N4O2S/c34-18-16-20-8-10-22(11-9-20)31-29(35)25-6-1-2-7-28(25)36-23-13-14-24-26(32-33-27(24)19-23)15-12-21-5-3-4-17-30-21/h1-15,17,19,34H,16,18H2,(H,31,35)(H,32,33)/b15-12+. The highest BCUT2D eigenvalue weighted by Crippen LogP contribution is 2.33. The number of anilines is 1. The average molecular weight is 493 g/mol. The molecule has 3 N–H and O–H groups in total. The van der Waals surface area contributed by atoms with Crippen molar-refractivity contribution in [2.75, 3.05) is 11.9 Å². The van der Waals surface area contributed by atoms with Gasteiger partial charge in [0, 0.05) is 33.7 Å². The number of hydrogen-bond acceptors (Lipinski definition) is 5. The van der Waals surface area contributed by atoms with E-state index in [2.05, 4.69) is 20.5 Å². The maximum Gasteiger partial charge on any atom is 0.256 e. The number of rotatable bonds is 8. The fraction of sp³-hybridized carbons (Fsp3) is 0.0690. The summed E-state index contributed by atoms with van der Waals surface area (Å²) in [7, 11) is 0. The Labute approximate surface area is 213 Å². The fourth-order valence-corrected chi connectivity index (χ4v) is 4.79. The van der Waals surface area contributed by atoms with E-state index in [1.165, 1.54) is 11.8 Å². The lowest BCUT2D eigenvalue weighted by molar-refractivity contribution is 0.102. The maximum atomic E-state index is 13.0. The van der Waals surface area contributed by atoms with Gasteiger partial charge in [0.25, 0.3) is 5.91 Å². The van der Waals surface area contributed by atoms with Crippen molar-refractivity contribution in [1.82, 2.24) is 15.2 Å². The van der Waals surface area contributed by atoms with Crippen LogP contribution in [0.15, 0.2) is 101 Å². The van der Waals surface area contributed by atoms with Crippen molar-refractivity contribution >= 4 is 46.4 Å². The van der Waals surface area contributed by atoms with Crippen LogP contribution in [-0.4, -0.2) is 32.8 Å². The summed E-state index contributed by atoms with van der Waals surface area (Å²) >= 11 is 1.53. The summed E-state index contributed by atoms with van der Waals surface area (Å²) in [5, 5.41) is 20.6. The molecule has 5 aromatic rings. The van der Waals surface area contributed by atoms with Crippen LogP contribution in [0.2, 0.25) is 0 Å². The molecule has 0 aliphatic rings. The van der Waals surface area contributed by atoms with Gasteiger partial charge in [0.2, 0.25) is 0 Å². The van der Waals surface area contributed by atoms with Crippen molar-refractivity contribution in [3.05, 3.63) is 114 Å². The Morgan fingerprint density at radius 2 is 1.81 bits per heavy atom. The number of benzene rings is 3. The third kappa shape index (κ3) is 5.54. The predicted octanol–water partition coefficient (Wildman–Crippen LogP) is 6.07. The number of carbonyl (C=O) groups is 1. The number of aliphatic hydroxyl groups excluding tert-OH is 1. The van der Waals surface area contributed by atoms with Gasteiger partial charge in [-0.15, -0.1) is 0 Å². The molecule has 1 amide bonds. The van der Waals surface area contributed by atoms with E-state index in [4.69, 9.17) is 5.11 Å². The van der Waals surface area contributed by atoms with Gasteiger partial charge in [0.05, 0.1) is 22.5 Å². The maximum absolute atomic E-state index is 13.0. The third-order valence-corrected chi connectivity index (χ3v) is 6.70. The van der Waals surface area contributed by atoms with Gasteiger partial charge in [0.15, 0.2) is 0 Å². The molecular weight excluding hydrogens is 468 g/mol. The fourth-order valence-electron chi connectivity index (χ4n) is 3.80. The van der Waals surface area contributed by atoms with Gasteiger partial charge in [-0.1, -0.05) is 42.1 Å². The first-order valence-corrected chi connectivity index (χ1v) is 12.4. The largest absolute Gasteiger partial charge is 0.396 e. The molecule has 2 aromatic heterocycles. The zero-order valence-corrected chi connectivity index (χ0v) is 20.2. The van der Waals surface area contributed by atoms with Crippen molar-refractivity contribution in [2.45, 2.75) is 16.2 Å². The van der Waals surface area contributed by atoms with Crippen LogP contribution in [0.25, 0.3) is 23.1 Å². The van der Waals surface area contributed by atoms with E-state index in [0.717, 1.165) is 37.6 Å². The highest BCUT2D eigenvalue weighted by molar-refractivity contribution is 7.99. The molecular formula is C29H24N4O2S. The normalized spacial score (nSPS) is 11.2. The van der Waals surface area contributed by atoms with Gasteiger partial charge >= 0.3 is 0 Å². The van der Waals surface area contributed by atoms with E-state index >= 15 is 0 Å². The van der Waals surface area contributed by atoms with Crippen LogP contribution in [0.3, 0.4) is 0 Å². The Morgan fingerprint density at radius 1 is 0.972 bits per heavy atom. The summed E-state index contributed by atoms with van der Waals surface area (Å²) < 4.78 is 0. The van der Waals surface area contributed by atoms with Crippen LogP contribution >= 0.6 is 11.8 Å². The first kappa shape index (κ1) is 23.5. The summed E-state index contributed by atoms with van der Waals surface area (Å²) in [5.41, 5.74) is 4.98. The zero-order valence-electron chi connectivity index (χ0n) is 19.4. The number of H-pyrrole nitrogens is 1. The molecule has 0 bridgehead atoms. The first-order valence-electron chi connectivity index (χ1n) is 11.5. The molecule has 178 valence electrons. The molecule has 7 heteroatoms. The first-order chi connectivity index (χ1) is 17.7. The topological polar surface area (TPSA) is 90.9 Å². The molecule has 6 nitrogen and oxygen atoms in total. The molecule has 3 aromatic carbocycles. The molecule has 0 saturated carbocycles. The van der Waals surface area contributed by atoms with E-state index in [0.29, 0.717) is 17.7 Å². The molecule has 0 radical (unpaired) electrons. The van der Waals surface area contributed by atoms with E-state index in [1.807, 2.05) is 97.1 Å². The smallest absolute Gasteiger partial charge is 0.256 e. The Morgan fingerprint density at radius 3 is 2.61 bits per heavy atom. The van der Waals surface area contributed by atoms with Crippen LogP contribution in [0, 0.1) is 0 Å². The molecule has 0 saturated heterocycles. The second-order valence-corrected chi connectivity index (χ2v) is 9.24. The zero-order chi connectivity index (χ0) is 24.7. The average Bonchev–Trinajstić information content (AvgIpc) is 3.32. The number of nitrogens with zero attached hydrogens (tertiary/aromatic N) is 2. The molecule has 0 fully saturated rings. The van der Waals surface area contributed by atoms with Gasteiger partial charge in [-0.05, 0) is 78.7 Å². The lowest BCUT2D eigenvalue weighted by atomic mass is 10.1. The highest BCUT2D eigenvalue weighted by atomic mass is 32.2. The number of amides is 1. The van der Waals surface area contributed by atoms with Gasteiger partial charge in [-0.2, -0.15) is 5.10 Å². The Kier molecular flexibility index (Phi) is 7.21. The van der Waals surface area contributed by atoms with Gasteiger partial charge in [0.1, 0.15) is 0 Å². The second-order valence-electron chi connectivity index (χ2n) is 8.13. The minimum atomic E-state index is -0.169. The van der Waals surface area contributed by atoms with Crippen molar-refractivity contribution < 1.29 is 9.90 Å². The van der Waals surface area contributed by atoms with Crippen LogP contribution in [0.1, 0.15) is 27.3 Å². The molecule has 0 aliphatic heterocycles. The SMILES string of the molecule is O=C(Nc1ccc(CCO)cc1)c1ccccc1Sc1ccc2c(/C=C/c3ccccn3)n[nH]c2c1. The van der Waals surface area contributed by atoms with Crippen molar-refractivity contribution in [3.8, 4) is 0 Å². The molecule has 0 unspecified atom stereocenters. The van der Waals surface area contributed by atoms with Gasteiger partial charge in [-0.3, -0.25) is 14.9 Å². The lowest BCUT2D eigenvalue weighted by Crippen LogP contribution is -2.13. The Bertz CT molecular complexity index is 1510. The number of aliphatic hydroxyl groups is 1. The molecule has 0 atom stereocenters.